The van der Waals surface area contributed by atoms with Crippen LogP contribution in [0.5, 0.6) is 0 Å². The number of rotatable bonds is 3. The minimum Gasteiger partial charge on any atom is -0.333 e. The number of nitrogens with zero attached hydrogens (tertiary/aromatic N) is 4. The molecule has 2 aromatic heterocycles. The van der Waals surface area contributed by atoms with Crippen LogP contribution in [0.1, 0.15) is 48.7 Å². The normalized spacial score (nSPS) is 25.0. The molecule has 2 aliphatic heterocycles. The summed E-state index contributed by atoms with van der Waals surface area (Å²) in [5.74, 6) is 0.0989. The Morgan fingerprint density at radius 1 is 1.25 bits per heavy atom. The minimum atomic E-state index is 0.0989. The molecule has 0 N–H and O–H groups in total. The monoisotopic (exact) mass is 326 g/mol. The van der Waals surface area contributed by atoms with Crippen molar-refractivity contribution in [3.05, 3.63) is 35.8 Å². The molecule has 5 heteroatoms. The van der Waals surface area contributed by atoms with Crippen molar-refractivity contribution in [1.29, 1.82) is 0 Å². The summed E-state index contributed by atoms with van der Waals surface area (Å²) >= 11 is 0. The van der Waals surface area contributed by atoms with Crippen LogP contribution in [-0.4, -0.2) is 56.8 Å². The standard InChI is InChI=1S/C19H26N4O/c1-3-21-9-4-6-16(21)17-7-5-10-23(17)19(24)15-13-22-11-8-14(2)12-18(22)20-15/h8,11-13,16-17H,3-7,9-10H2,1-2H3. The number of likely N-dealkylation sites (tertiary alicyclic amines) is 2. The number of aromatic nitrogens is 2. The molecule has 0 radical (unpaired) electrons. The molecular formula is C19H26N4O. The second-order valence-corrected chi connectivity index (χ2v) is 7.14. The van der Waals surface area contributed by atoms with Gasteiger partial charge < -0.3 is 9.30 Å². The van der Waals surface area contributed by atoms with E-state index in [1.165, 1.54) is 19.4 Å². The Bertz CT molecular complexity index is 753. The van der Waals surface area contributed by atoms with Gasteiger partial charge in [0, 0.05) is 31.0 Å². The van der Waals surface area contributed by atoms with Crippen LogP contribution in [0.3, 0.4) is 0 Å². The number of hydrogen-bond donors (Lipinski definition) is 0. The summed E-state index contributed by atoms with van der Waals surface area (Å²) in [6.45, 7) is 7.39. The summed E-state index contributed by atoms with van der Waals surface area (Å²) in [4.78, 5) is 22.3. The highest BCUT2D eigenvalue weighted by molar-refractivity contribution is 5.93. The molecule has 4 heterocycles. The van der Waals surface area contributed by atoms with Crippen LogP contribution in [-0.2, 0) is 0 Å². The molecule has 0 spiro atoms. The Morgan fingerprint density at radius 2 is 2.04 bits per heavy atom. The van der Waals surface area contributed by atoms with E-state index in [4.69, 9.17) is 0 Å². The minimum absolute atomic E-state index is 0.0989. The lowest BCUT2D eigenvalue weighted by molar-refractivity contribution is 0.0645. The van der Waals surface area contributed by atoms with E-state index in [1.54, 1.807) is 0 Å². The zero-order valence-corrected chi connectivity index (χ0v) is 14.6. The summed E-state index contributed by atoms with van der Waals surface area (Å²) in [7, 11) is 0. The third-order valence-corrected chi connectivity index (χ3v) is 5.66. The average Bonchev–Trinajstić information content (AvgIpc) is 3.30. The zero-order chi connectivity index (χ0) is 16.7. The zero-order valence-electron chi connectivity index (χ0n) is 14.6. The average molecular weight is 326 g/mol. The van der Waals surface area contributed by atoms with Crippen LogP contribution in [0.25, 0.3) is 5.65 Å². The number of imidazole rings is 1. The Kier molecular flexibility index (Phi) is 4.04. The molecule has 0 bridgehead atoms. The molecule has 5 nitrogen and oxygen atoms in total. The first-order chi connectivity index (χ1) is 11.7. The molecule has 4 rings (SSSR count). The SMILES string of the molecule is CCN1CCCC1C1CCCN1C(=O)c1cn2ccc(C)cc2n1. The maximum atomic E-state index is 13.1. The Balaban J connectivity index is 1.60. The fraction of sp³-hybridized carbons (Fsp3) is 0.579. The molecule has 2 unspecified atom stereocenters. The van der Waals surface area contributed by atoms with Crippen molar-refractivity contribution in [3.8, 4) is 0 Å². The van der Waals surface area contributed by atoms with Crippen LogP contribution < -0.4 is 0 Å². The van der Waals surface area contributed by atoms with Gasteiger partial charge >= 0.3 is 0 Å². The second-order valence-electron chi connectivity index (χ2n) is 7.14. The molecule has 2 saturated heterocycles. The summed E-state index contributed by atoms with van der Waals surface area (Å²) in [5, 5.41) is 0. The van der Waals surface area contributed by atoms with Crippen molar-refractivity contribution in [3.63, 3.8) is 0 Å². The van der Waals surface area contributed by atoms with E-state index >= 15 is 0 Å². The predicted molar refractivity (Wildman–Crippen MR) is 94.3 cm³/mol. The number of amides is 1. The van der Waals surface area contributed by atoms with Crippen LogP contribution in [0.4, 0.5) is 0 Å². The fourth-order valence-corrected chi connectivity index (χ4v) is 4.46. The van der Waals surface area contributed by atoms with E-state index in [2.05, 4.69) is 21.7 Å². The molecule has 0 aromatic carbocycles. The molecule has 1 amide bonds. The quantitative estimate of drug-likeness (QED) is 0.871. The van der Waals surface area contributed by atoms with E-state index in [0.717, 1.165) is 37.1 Å². The van der Waals surface area contributed by atoms with Gasteiger partial charge in [0.2, 0.25) is 0 Å². The number of carbonyl (C=O) groups is 1. The molecule has 0 aliphatic carbocycles. The second kappa shape index (κ2) is 6.20. The third kappa shape index (κ3) is 2.61. The highest BCUT2D eigenvalue weighted by Crippen LogP contribution is 2.30. The number of carbonyl (C=O) groups excluding carboxylic acids is 1. The number of hydrogen-bond acceptors (Lipinski definition) is 3. The van der Waals surface area contributed by atoms with Gasteiger partial charge in [-0.1, -0.05) is 6.92 Å². The maximum Gasteiger partial charge on any atom is 0.274 e. The van der Waals surface area contributed by atoms with Crippen molar-refractivity contribution < 1.29 is 4.79 Å². The van der Waals surface area contributed by atoms with Crippen molar-refractivity contribution in [1.82, 2.24) is 19.2 Å². The van der Waals surface area contributed by atoms with Crippen LogP contribution in [0.2, 0.25) is 0 Å². The molecule has 0 saturated carbocycles. The molecule has 2 fully saturated rings. The predicted octanol–water partition coefficient (Wildman–Crippen LogP) is 2.73. The van der Waals surface area contributed by atoms with E-state index in [1.807, 2.05) is 35.9 Å². The number of fused-ring (bicyclic) bond motifs is 1. The molecule has 2 atom stereocenters. The van der Waals surface area contributed by atoms with Crippen molar-refractivity contribution in [2.45, 2.75) is 51.6 Å². The van der Waals surface area contributed by atoms with Gasteiger partial charge in [-0.25, -0.2) is 4.98 Å². The van der Waals surface area contributed by atoms with Crippen molar-refractivity contribution >= 4 is 11.6 Å². The number of pyridine rings is 1. The molecular weight excluding hydrogens is 300 g/mol. The highest BCUT2D eigenvalue weighted by Gasteiger charge is 2.39. The number of aryl methyl sites for hydroxylation is 1. The van der Waals surface area contributed by atoms with Gasteiger partial charge in [0.25, 0.3) is 5.91 Å². The van der Waals surface area contributed by atoms with E-state index < -0.39 is 0 Å². The van der Waals surface area contributed by atoms with Crippen LogP contribution >= 0.6 is 0 Å². The Labute approximate surface area is 143 Å². The van der Waals surface area contributed by atoms with Gasteiger partial charge in [0.1, 0.15) is 11.3 Å². The van der Waals surface area contributed by atoms with E-state index in [0.29, 0.717) is 17.8 Å². The maximum absolute atomic E-state index is 13.1. The highest BCUT2D eigenvalue weighted by atomic mass is 16.2. The summed E-state index contributed by atoms with van der Waals surface area (Å²) in [6.07, 6.45) is 8.55. The van der Waals surface area contributed by atoms with Crippen LogP contribution in [0, 0.1) is 6.92 Å². The van der Waals surface area contributed by atoms with Crippen molar-refractivity contribution in [2.24, 2.45) is 0 Å². The third-order valence-electron chi connectivity index (χ3n) is 5.66. The largest absolute Gasteiger partial charge is 0.333 e. The first kappa shape index (κ1) is 15.6. The van der Waals surface area contributed by atoms with Gasteiger partial charge in [-0.3, -0.25) is 9.69 Å². The van der Waals surface area contributed by atoms with E-state index in [-0.39, 0.29) is 5.91 Å². The van der Waals surface area contributed by atoms with Gasteiger partial charge in [0.05, 0.1) is 0 Å². The smallest absolute Gasteiger partial charge is 0.274 e. The first-order valence-electron chi connectivity index (χ1n) is 9.18. The topological polar surface area (TPSA) is 40.9 Å². The molecule has 128 valence electrons. The van der Waals surface area contributed by atoms with Crippen molar-refractivity contribution in [2.75, 3.05) is 19.6 Å². The first-order valence-corrected chi connectivity index (χ1v) is 9.18. The Morgan fingerprint density at radius 3 is 2.88 bits per heavy atom. The molecule has 2 aliphatic rings. The molecule has 24 heavy (non-hydrogen) atoms. The summed E-state index contributed by atoms with van der Waals surface area (Å²) < 4.78 is 1.94. The van der Waals surface area contributed by atoms with Gasteiger partial charge in [-0.05, 0) is 63.4 Å². The fourth-order valence-electron chi connectivity index (χ4n) is 4.46. The van der Waals surface area contributed by atoms with Gasteiger partial charge in [0.15, 0.2) is 0 Å². The lowest BCUT2D eigenvalue weighted by atomic mass is 10.0. The van der Waals surface area contributed by atoms with E-state index in [9.17, 15) is 4.79 Å². The number of likely N-dealkylation sites (N-methyl/N-ethyl adjacent to an activating group) is 1. The molecule has 2 aromatic rings. The lowest BCUT2D eigenvalue weighted by Crippen LogP contribution is -2.48. The van der Waals surface area contributed by atoms with Gasteiger partial charge in [-0.15, -0.1) is 0 Å². The van der Waals surface area contributed by atoms with Gasteiger partial charge in [-0.2, -0.15) is 0 Å². The van der Waals surface area contributed by atoms with Crippen LogP contribution in [0.15, 0.2) is 24.5 Å². The summed E-state index contributed by atoms with van der Waals surface area (Å²) in [5.41, 5.74) is 2.59. The summed E-state index contributed by atoms with van der Waals surface area (Å²) in [6, 6.07) is 4.94. The lowest BCUT2D eigenvalue weighted by Gasteiger charge is -2.34. The Hall–Kier alpha value is -1.88.